The minimum absolute atomic E-state index is 0.0778. The van der Waals surface area contributed by atoms with E-state index in [1.807, 2.05) is 30.5 Å². The second kappa shape index (κ2) is 4.12. The molecule has 2 aliphatic carbocycles. The van der Waals surface area contributed by atoms with Gasteiger partial charge in [0.05, 0.1) is 0 Å². The molecule has 3 atom stereocenters. The largest absolute Gasteiger partial charge is 0.361 e. The Bertz CT molecular complexity index is 630. The summed E-state index contributed by atoms with van der Waals surface area (Å²) in [5.41, 5.74) is 1.79. The van der Waals surface area contributed by atoms with E-state index in [1.165, 1.54) is 25.7 Å². The lowest BCUT2D eigenvalue weighted by atomic mass is 9.95. The number of fused-ring (bicyclic) bond motifs is 3. The zero-order valence-electron chi connectivity index (χ0n) is 10.9. The lowest BCUT2D eigenvalue weighted by Crippen LogP contribution is -2.38. The summed E-state index contributed by atoms with van der Waals surface area (Å²) in [6, 6.07) is 8.29. The molecule has 19 heavy (non-hydrogen) atoms. The Hall–Kier alpha value is -1.77. The first kappa shape index (κ1) is 11.1. The molecule has 98 valence electrons. The fraction of sp³-hybridized carbons (Fsp3) is 0.438. The van der Waals surface area contributed by atoms with Crippen LogP contribution in [0.2, 0.25) is 0 Å². The van der Waals surface area contributed by atoms with E-state index >= 15 is 0 Å². The van der Waals surface area contributed by atoms with Gasteiger partial charge < -0.3 is 10.3 Å². The third-order valence-corrected chi connectivity index (χ3v) is 4.87. The molecule has 3 unspecified atom stereocenters. The highest BCUT2D eigenvalue weighted by molar-refractivity contribution is 5.98. The third kappa shape index (κ3) is 1.84. The van der Waals surface area contributed by atoms with Gasteiger partial charge in [0.25, 0.3) is 5.91 Å². The van der Waals surface area contributed by atoms with Crippen LogP contribution in [-0.4, -0.2) is 16.9 Å². The molecule has 2 saturated carbocycles. The zero-order chi connectivity index (χ0) is 12.8. The fourth-order valence-corrected chi connectivity index (χ4v) is 3.86. The highest BCUT2D eigenvalue weighted by Crippen LogP contribution is 2.44. The number of carbonyl (C=O) groups excluding carboxylic acids is 1. The normalized spacial score (nSPS) is 28.9. The SMILES string of the molecule is O=C(NC1CC2CCC1C2)c1ccc2cc[nH]c2c1. The average Bonchev–Trinajstić information content (AvgIpc) is 3.13. The number of aromatic nitrogens is 1. The number of amides is 1. The topological polar surface area (TPSA) is 44.9 Å². The Kier molecular flexibility index (Phi) is 2.40. The average molecular weight is 254 g/mol. The van der Waals surface area contributed by atoms with Gasteiger partial charge in [-0.25, -0.2) is 0 Å². The highest BCUT2D eigenvalue weighted by Gasteiger charge is 2.40. The Morgan fingerprint density at radius 3 is 2.95 bits per heavy atom. The number of hydrogen-bond donors (Lipinski definition) is 2. The van der Waals surface area contributed by atoms with Gasteiger partial charge in [-0.1, -0.05) is 12.5 Å². The summed E-state index contributed by atoms with van der Waals surface area (Å²) in [7, 11) is 0. The monoisotopic (exact) mass is 254 g/mol. The molecule has 4 rings (SSSR count). The molecule has 0 saturated heterocycles. The number of rotatable bonds is 2. The fourth-order valence-electron chi connectivity index (χ4n) is 3.86. The van der Waals surface area contributed by atoms with Crippen molar-refractivity contribution < 1.29 is 4.79 Å². The molecule has 2 aromatic rings. The van der Waals surface area contributed by atoms with Gasteiger partial charge >= 0.3 is 0 Å². The summed E-state index contributed by atoms with van der Waals surface area (Å²) in [6.45, 7) is 0. The van der Waals surface area contributed by atoms with Crippen molar-refractivity contribution in [2.75, 3.05) is 0 Å². The van der Waals surface area contributed by atoms with E-state index in [-0.39, 0.29) is 5.91 Å². The second-order valence-electron chi connectivity index (χ2n) is 6.03. The number of nitrogens with one attached hydrogen (secondary N) is 2. The van der Waals surface area contributed by atoms with Crippen LogP contribution in [0.5, 0.6) is 0 Å². The first-order chi connectivity index (χ1) is 9.29. The molecule has 1 aromatic carbocycles. The number of hydrogen-bond acceptors (Lipinski definition) is 1. The van der Waals surface area contributed by atoms with E-state index in [4.69, 9.17) is 0 Å². The minimum Gasteiger partial charge on any atom is -0.361 e. The van der Waals surface area contributed by atoms with Gasteiger partial charge in [0.1, 0.15) is 0 Å². The Morgan fingerprint density at radius 2 is 2.16 bits per heavy atom. The van der Waals surface area contributed by atoms with Gasteiger partial charge in [-0.15, -0.1) is 0 Å². The van der Waals surface area contributed by atoms with E-state index in [2.05, 4.69) is 10.3 Å². The van der Waals surface area contributed by atoms with Crippen LogP contribution >= 0.6 is 0 Å². The van der Waals surface area contributed by atoms with Crippen molar-refractivity contribution in [1.29, 1.82) is 0 Å². The van der Waals surface area contributed by atoms with Crippen molar-refractivity contribution in [2.45, 2.75) is 31.7 Å². The van der Waals surface area contributed by atoms with Crippen LogP contribution in [0.3, 0.4) is 0 Å². The number of carbonyl (C=O) groups is 1. The number of benzene rings is 1. The maximum absolute atomic E-state index is 12.3. The lowest BCUT2D eigenvalue weighted by molar-refractivity contribution is 0.0923. The molecule has 1 heterocycles. The molecule has 1 amide bonds. The smallest absolute Gasteiger partial charge is 0.251 e. The van der Waals surface area contributed by atoms with Crippen LogP contribution in [0, 0.1) is 11.8 Å². The molecule has 0 radical (unpaired) electrons. The summed E-state index contributed by atoms with van der Waals surface area (Å²) in [5.74, 6) is 1.67. The molecular formula is C16H18N2O. The van der Waals surface area contributed by atoms with Gasteiger partial charge in [-0.05, 0) is 54.7 Å². The Morgan fingerprint density at radius 1 is 1.21 bits per heavy atom. The minimum atomic E-state index is 0.0778. The lowest BCUT2D eigenvalue weighted by Gasteiger charge is -2.22. The van der Waals surface area contributed by atoms with Crippen LogP contribution in [-0.2, 0) is 0 Å². The molecule has 3 heteroatoms. The summed E-state index contributed by atoms with van der Waals surface area (Å²) in [6.07, 6.45) is 7.07. The van der Waals surface area contributed by atoms with Crippen LogP contribution in [0.15, 0.2) is 30.5 Å². The summed E-state index contributed by atoms with van der Waals surface area (Å²) < 4.78 is 0. The van der Waals surface area contributed by atoms with Crippen LogP contribution < -0.4 is 5.32 Å². The van der Waals surface area contributed by atoms with E-state index in [0.29, 0.717) is 6.04 Å². The number of aromatic amines is 1. The highest BCUT2D eigenvalue weighted by atomic mass is 16.1. The molecule has 1 aromatic heterocycles. The summed E-state index contributed by atoms with van der Waals surface area (Å²) >= 11 is 0. The van der Waals surface area contributed by atoms with Crippen molar-refractivity contribution in [2.24, 2.45) is 11.8 Å². The summed E-state index contributed by atoms with van der Waals surface area (Å²) in [4.78, 5) is 15.5. The van der Waals surface area contributed by atoms with Crippen LogP contribution in [0.25, 0.3) is 10.9 Å². The van der Waals surface area contributed by atoms with E-state index in [0.717, 1.165) is 28.3 Å². The van der Waals surface area contributed by atoms with Gasteiger partial charge in [0, 0.05) is 23.3 Å². The molecule has 2 N–H and O–H groups in total. The second-order valence-corrected chi connectivity index (χ2v) is 6.03. The summed E-state index contributed by atoms with van der Waals surface area (Å²) in [5, 5.41) is 4.38. The maximum Gasteiger partial charge on any atom is 0.251 e. The van der Waals surface area contributed by atoms with E-state index < -0.39 is 0 Å². The van der Waals surface area contributed by atoms with Crippen molar-refractivity contribution in [3.05, 3.63) is 36.0 Å². The predicted octanol–water partition coefficient (Wildman–Crippen LogP) is 3.09. The van der Waals surface area contributed by atoms with Gasteiger partial charge in [0.15, 0.2) is 0 Å². The van der Waals surface area contributed by atoms with Crippen LogP contribution in [0.1, 0.15) is 36.0 Å². The molecule has 3 nitrogen and oxygen atoms in total. The van der Waals surface area contributed by atoms with E-state index in [9.17, 15) is 4.79 Å². The molecular weight excluding hydrogens is 236 g/mol. The quantitative estimate of drug-likeness (QED) is 0.850. The molecule has 0 aliphatic heterocycles. The Labute approximate surface area is 112 Å². The van der Waals surface area contributed by atoms with Gasteiger partial charge in [0.2, 0.25) is 0 Å². The van der Waals surface area contributed by atoms with Gasteiger partial charge in [-0.2, -0.15) is 0 Å². The van der Waals surface area contributed by atoms with E-state index in [1.54, 1.807) is 0 Å². The Balaban J connectivity index is 1.53. The number of H-pyrrole nitrogens is 1. The first-order valence-corrected chi connectivity index (χ1v) is 7.17. The van der Waals surface area contributed by atoms with Crippen molar-refractivity contribution in [3.63, 3.8) is 0 Å². The molecule has 2 aliphatic rings. The molecule has 2 bridgehead atoms. The van der Waals surface area contributed by atoms with Crippen molar-refractivity contribution in [1.82, 2.24) is 10.3 Å². The third-order valence-electron chi connectivity index (χ3n) is 4.87. The zero-order valence-corrected chi connectivity index (χ0v) is 10.9. The van der Waals surface area contributed by atoms with Crippen molar-refractivity contribution >= 4 is 16.8 Å². The van der Waals surface area contributed by atoms with Crippen molar-refractivity contribution in [3.8, 4) is 0 Å². The maximum atomic E-state index is 12.3. The molecule has 2 fully saturated rings. The van der Waals surface area contributed by atoms with Crippen LogP contribution in [0.4, 0.5) is 0 Å². The predicted molar refractivity (Wildman–Crippen MR) is 75.0 cm³/mol. The first-order valence-electron chi connectivity index (χ1n) is 7.17. The standard InChI is InChI=1S/C16H18N2O/c19-16(18-15-8-10-1-2-12(15)7-10)13-4-3-11-5-6-17-14(11)9-13/h3-6,9-10,12,15,17H,1-2,7-8H2,(H,18,19). The molecule has 0 spiro atoms. The van der Waals surface area contributed by atoms with Gasteiger partial charge in [-0.3, -0.25) is 4.79 Å².